The molecule has 0 atom stereocenters. The Hall–Kier alpha value is -2.27. The quantitative estimate of drug-likeness (QED) is 0.442. The van der Waals surface area contributed by atoms with E-state index in [-0.39, 0.29) is 11.3 Å². The molecule has 5 heteroatoms. The fourth-order valence-corrected chi connectivity index (χ4v) is 3.96. The lowest BCUT2D eigenvalue weighted by Crippen LogP contribution is -2.02. The first-order valence-corrected chi connectivity index (χ1v) is 9.82. The first-order chi connectivity index (χ1) is 13.0. The van der Waals surface area contributed by atoms with Gasteiger partial charge in [-0.1, -0.05) is 18.9 Å². The second-order valence-electron chi connectivity index (χ2n) is 6.92. The average Bonchev–Trinajstić information content (AvgIpc) is 3.38. The van der Waals surface area contributed by atoms with Crippen molar-refractivity contribution >= 4 is 11.3 Å². The molecule has 0 N–H and O–H groups in total. The van der Waals surface area contributed by atoms with Gasteiger partial charge in [0.25, 0.3) is 0 Å². The first-order valence-electron chi connectivity index (χ1n) is 9.00. The van der Waals surface area contributed by atoms with Crippen molar-refractivity contribution in [1.82, 2.24) is 0 Å². The highest BCUT2D eigenvalue weighted by Crippen LogP contribution is 2.35. The van der Waals surface area contributed by atoms with E-state index < -0.39 is 17.5 Å². The molecule has 0 unspecified atom stereocenters. The summed E-state index contributed by atoms with van der Waals surface area (Å²) >= 11 is 1.49. The third-order valence-electron chi connectivity index (χ3n) is 4.81. The Morgan fingerprint density at radius 3 is 2.41 bits per heavy atom. The third-order valence-corrected chi connectivity index (χ3v) is 5.85. The standard InChI is InChI=1S/C22H19F3OS/c1-13-2-9-20(27-13)17-6-5-15(12-18(17)23)16-7-8-19(22(25)21(16)24)26-11-10-14-3-4-14/h2,5-9,12,14H,3-4,10-11H2,1H3. The molecule has 1 nitrogen and oxygen atoms in total. The number of benzene rings is 2. The average molecular weight is 388 g/mol. The number of ether oxygens (including phenoxy) is 1. The molecule has 4 rings (SSSR count). The van der Waals surface area contributed by atoms with Gasteiger partial charge in [-0.15, -0.1) is 11.3 Å². The van der Waals surface area contributed by atoms with E-state index in [0.29, 0.717) is 23.7 Å². The molecule has 0 bridgehead atoms. The van der Waals surface area contributed by atoms with Crippen LogP contribution in [-0.4, -0.2) is 6.61 Å². The lowest BCUT2D eigenvalue weighted by atomic mass is 10.0. The van der Waals surface area contributed by atoms with Crippen LogP contribution in [0.3, 0.4) is 0 Å². The SMILES string of the molecule is Cc1ccc(-c2ccc(-c3ccc(OCCC4CC4)c(F)c3F)cc2F)s1. The molecular formula is C22H19F3OS. The molecule has 1 saturated carbocycles. The van der Waals surface area contributed by atoms with E-state index >= 15 is 0 Å². The van der Waals surface area contributed by atoms with Gasteiger partial charge in [-0.2, -0.15) is 4.39 Å². The summed E-state index contributed by atoms with van der Waals surface area (Å²) in [4.78, 5) is 1.89. The summed E-state index contributed by atoms with van der Waals surface area (Å²) in [6.07, 6.45) is 3.23. The largest absolute Gasteiger partial charge is 0.490 e. The maximum absolute atomic E-state index is 14.6. The van der Waals surface area contributed by atoms with Crippen LogP contribution in [0.4, 0.5) is 13.2 Å². The molecule has 140 valence electrons. The number of hydrogen-bond donors (Lipinski definition) is 0. The van der Waals surface area contributed by atoms with Gasteiger partial charge in [-0.3, -0.25) is 0 Å². The van der Waals surface area contributed by atoms with E-state index in [4.69, 9.17) is 4.74 Å². The van der Waals surface area contributed by atoms with Gasteiger partial charge in [-0.25, -0.2) is 8.78 Å². The van der Waals surface area contributed by atoms with Crippen LogP contribution in [0.2, 0.25) is 0 Å². The van der Waals surface area contributed by atoms with Crippen molar-refractivity contribution < 1.29 is 17.9 Å². The van der Waals surface area contributed by atoms with Crippen LogP contribution in [-0.2, 0) is 0 Å². The Morgan fingerprint density at radius 2 is 1.74 bits per heavy atom. The zero-order chi connectivity index (χ0) is 19.0. The highest BCUT2D eigenvalue weighted by atomic mass is 32.1. The Kier molecular flexibility index (Phi) is 4.96. The van der Waals surface area contributed by atoms with Crippen LogP contribution in [0.1, 0.15) is 24.1 Å². The van der Waals surface area contributed by atoms with E-state index in [0.717, 1.165) is 16.2 Å². The van der Waals surface area contributed by atoms with Crippen LogP contribution < -0.4 is 4.74 Å². The highest BCUT2D eigenvalue weighted by Gasteiger charge is 2.22. The number of halogens is 3. The highest BCUT2D eigenvalue weighted by molar-refractivity contribution is 7.15. The van der Waals surface area contributed by atoms with Crippen molar-refractivity contribution in [2.24, 2.45) is 5.92 Å². The third kappa shape index (κ3) is 3.88. The van der Waals surface area contributed by atoms with Gasteiger partial charge in [0.2, 0.25) is 5.82 Å². The van der Waals surface area contributed by atoms with E-state index in [2.05, 4.69) is 0 Å². The Morgan fingerprint density at radius 1 is 0.963 bits per heavy atom. The molecular weight excluding hydrogens is 369 g/mol. The predicted octanol–water partition coefficient (Wildman–Crippen LogP) is 6.99. The van der Waals surface area contributed by atoms with Gasteiger partial charge in [0.05, 0.1) is 6.61 Å². The smallest absolute Gasteiger partial charge is 0.201 e. The van der Waals surface area contributed by atoms with Crippen LogP contribution >= 0.6 is 11.3 Å². The summed E-state index contributed by atoms with van der Waals surface area (Å²) in [5.74, 6) is -1.94. The minimum absolute atomic E-state index is 0.0230. The van der Waals surface area contributed by atoms with Gasteiger partial charge >= 0.3 is 0 Å². The Bertz CT molecular complexity index is 976. The van der Waals surface area contributed by atoms with Crippen molar-refractivity contribution in [1.29, 1.82) is 0 Å². The van der Waals surface area contributed by atoms with Crippen LogP contribution in [0.5, 0.6) is 5.75 Å². The zero-order valence-corrected chi connectivity index (χ0v) is 15.7. The van der Waals surface area contributed by atoms with Crippen molar-refractivity contribution in [3.63, 3.8) is 0 Å². The molecule has 1 aliphatic carbocycles. The summed E-state index contributed by atoms with van der Waals surface area (Å²) in [5, 5.41) is 0. The fraction of sp³-hybridized carbons (Fsp3) is 0.273. The van der Waals surface area contributed by atoms with Crippen molar-refractivity contribution in [2.45, 2.75) is 26.2 Å². The molecule has 3 aromatic rings. The second kappa shape index (κ2) is 7.39. The summed E-state index contributed by atoms with van der Waals surface area (Å²) in [7, 11) is 0. The van der Waals surface area contributed by atoms with Crippen molar-refractivity contribution in [3.05, 3.63) is 64.8 Å². The minimum Gasteiger partial charge on any atom is -0.490 e. The lowest BCUT2D eigenvalue weighted by Gasteiger charge is -2.11. The first kappa shape index (κ1) is 18.1. The summed E-state index contributed by atoms with van der Waals surface area (Å²) in [6.45, 7) is 2.33. The summed E-state index contributed by atoms with van der Waals surface area (Å²) < 4.78 is 48.8. The zero-order valence-electron chi connectivity index (χ0n) is 14.9. The molecule has 27 heavy (non-hydrogen) atoms. The van der Waals surface area contributed by atoms with Crippen LogP contribution in [0.15, 0.2) is 42.5 Å². The van der Waals surface area contributed by atoms with E-state index in [1.165, 1.54) is 42.4 Å². The molecule has 0 amide bonds. The number of aryl methyl sites for hydroxylation is 1. The van der Waals surface area contributed by atoms with E-state index in [9.17, 15) is 13.2 Å². The van der Waals surface area contributed by atoms with Gasteiger partial charge < -0.3 is 4.74 Å². The topological polar surface area (TPSA) is 9.23 Å². The van der Waals surface area contributed by atoms with Gasteiger partial charge in [-0.05, 0) is 61.2 Å². The van der Waals surface area contributed by atoms with Crippen LogP contribution in [0, 0.1) is 30.3 Å². The van der Waals surface area contributed by atoms with E-state index in [1.807, 2.05) is 19.1 Å². The fourth-order valence-electron chi connectivity index (χ4n) is 3.07. The second-order valence-corrected chi connectivity index (χ2v) is 8.21. The monoisotopic (exact) mass is 388 g/mol. The molecule has 2 aromatic carbocycles. The number of thiophene rings is 1. The molecule has 0 spiro atoms. The summed E-state index contributed by atoms with van der Waals surface area (Å²) in [5.41, 5.74) is 0.776. The number of hydrogen-bond acceptors (Lipinski definition) is 2. The van der Waals surface area contributed by atoms with Crippen molar-refractivity contribution in [2.75, 3.05) is 6.61 Å². The molecule has 1 heterocycles. The molecule has 1 aromatic heterocycles. The molecule has 0 radical (unpaired) electrons. The normalized spacial score (nSPS) is 13.8. The van der Waals surface area contributed by atoms with Gasteiger partial charge in [0.15, 0.2) is 11.6 Å². The van der Waals surface area contributed by atoms with Crippen LogP contribution in [0.25, 0.3) is 21.6 Å². The van der Waals surface area contributed by atoms with Crippen molar-refractivity contribution in [3.8, 4) is 27.3 Å². The lowest BCUT2D eigenvalue weighted by molar-refractivity contribution is 0.283. The van der Waals surface area contributed by atoms with Gasteiger partial charge in [0.1, 0.15) is 5.82 Å². The van der Waals surface area contributed by atoms with E-state index in [1.54, 1.807) is 12.1 Å². The summed E-state index contributed by atoms with van der Waals surface area (Å²) in [6, 6.07) is 11.1. The molecule has 0 saturated heterocycles. The van der Waals surface area contributed by atoms with Gasteiger partial charge in [0, 0.05) is 20.9 Å². The predicted molar refractivity (Wildman–Crippen MR) is 103 cm³/mol. The molecule has 1 aliphatic rings. The Balaban J connectivity index is 1.58. The Labute approximate surface area is 160 Å². The maximum Gasteiger partial charge on any atom is 0.201 e. The molecule has 0 aliphatic heterocycles. The maximum atomic E-state index is 14.6. The molecule has 1 fully saturated rings. The number of rotatable bonds is 6. The minimum atomic E-state index is -1.03.